The van der Waals surface area contributed by atoms with Gasteiger partial charge in [-0.05, 0) is 78.0 Å². The van der Waals surface area contributed by atoms with Gasteiger partial charge in [-0.15, -0.1) is 0 Å². The third kappa shape index (κ3) is 3.96. The van der Waals surface area contributed by atoms with E-state index in [0.29, 0.717) is 0 Å². The van der Waals surface area contributed by atoms with Gasteiger partial charge in [0.1, 0.15) is 0 Å². The fourth-order valence-corrected chi connectivity index (χ4v) is 4.61. The quantitative estimate of drug-likeness (QED) is 0.605. The molecule has 152 valence electrons. The van der Waals surface area contributed by atoms with Crippen molar-refractivity contribution >= 4 is 44.2 Å². The summed E-state index contributed by atoms with van der Waals surface area (Å²) in [4.78, 5) is 30.2. The van der Waals surface area contributed by atoms with Gasteiger partial charge in [0.15, 0.2) is 0 Å². The van der Waals surface area contributed by atoms with Gasteiger partial charge in [0.2, 0.25) is 5.91 Å². The van der Waals surface area contributed by atoms with E-state index in [1.165, 1.54) is 0 Å². The topological polar surface area (TPSA) is 70.1 Å². The largest absolute Gasteiger partial charge is 0.378 e. The molecule has 0 spiro atoms. The number of halogens is 1. The number of benzene rings is 2. The van der Waals surface area contributed by atoms with Crippen LogP contribution in [0.5, 0.6) is 0 Å². The molecule has 2 aromatic carbocycles. The number of anilines is 2. The third-order valence-electron chi connectivity index (χ3n) is 5.79. The van der Waals surface area contributed by atoms with Crippen molar-refractivity contribution in [3.63, 3.8) is 0 Å². The predicted molar refractivity (Wildman–Crippen MR) is 121 cm³/mol. The Bertz CT molecular complexity index is 1080. The van der Waals surface area contributed by atoms with E-state index in [-0.39, 0.29) is 23.6 Å². The van der Waals surface area contributed by atoms with Crippen LogP contribution in [-0.2, 0) is 4.79 Å². The van der Waals surface area contributed by atoms with Crippen LogP contribution in [0.3, 0.4) is 0 Å². The van der Waals surface area contributed by atoms with Crippen LogP contribution in [-0.4, -0.2) is 29.6 Å². The summed E-state index contributed by atoms with van der Waals surface area (Å²) < 4.78 is 2.74. The number of nitrogens with zero attached hydrogens (tertiary/aromatic N) is 2. The molecule has 0 radical (unpaired) electrons. The van der Waals surface area contributed by atoms with Crippen molar-refractivity contribution in [3.05, 3.63) is 57.4 Å². The molecule has 0 aliphatic heterocycles. The van der Waals surface area contributed by atoms with Crippen LogP contribution in [0.15, 0.2) is 51.7 Å². The second-order valence-corrected chi connectivity index (χ2v) is 8.72. The Morgan fingerprint density at radius 1 is 1.10 bits per heavy atom. The minimum atomic E-state index is -0.0826. The van der Waals surface area contributed by atoms with Crippen molar-refractivity contribution in [2.75, 3.05) is 24.3 Å². The van der Waals surface area contributed by atoms with Gasteiger partial charge in [-0.2, -0.15) is 0 Å². The summed E-state index contributed by atoms with van der Waals surface area (Å²) in [6.07, 6.45) is 3.19. The fourth-order valence-electron chi connectivity index (χ4n) is 4.16. The van der Waals surface area contributed by atoms with E-state index >= 15 is 0 Å². The lowest BCUT2D eigenvalue weighted by molar-refractivity contribution is -0.121. The molecule has 2 N–H and O–H groups in total. The number of carbonyl (C=O) groups excluding carboxylic acids is 1. The second kappa shape index (κ2) is 8.06. The molecule has 1 aliphatic rings. The van der Waals surface area contributed by atoms with Gasteiger partial charge in [0.25, 0.3) is 0 Å². The Morgan fingerprint density at radius 3 is 2.45 bits per heavy atom. The van der Waals surface area contributed by atoms with Gasteiger partial charge >= 0.3 is 5.69 Å². The number of aromatic amines is 1. The molecule has 29 heavy (non-hydrogen) atoms. The molecule has 4 rings (SSSR count). The molecular formula is C22H25BrN4O2. The Hall–Kier alpha value is -2.54. The molecule has 1 amide bonds. The number of rotatable bonds is 4. The van der Waals surface area contributed by atoms with Crippen LogP contribution in [0.25, 0.3) is 11.0 Å². The first-order valence-electron chi connectivity index (χ1n) is 9.91. The first kappa shape index (κ1) is 19.8. The highest BCUT2D eigenvalue weighted by molar-refractivity contribution is 9.10. The normalized spacial score (nSPS) is 19.3. The van der Waals surface area contributed by atoms with Crippen molar-refractivity contribution in [2.45, 2.75) is 31.7 Å². The lowest BCUT2D eigenvalue weighted by Gasteiger charge is -2.28. The van der Waals surface area contributed by atoms with Crippen LogP contribution in [0.1, 0.15) is 31.7 Å². The number of aromatic nitrogens is 2. The van der Waals surface area contributed by atoms with E-state index < -0.39 is 0 Å². The second-order valence-electron chi connectivity index (χ2n) is 7.87. The molecule has 1 aromatic heterocycles. The number of hydrogen-bond acceptors (Lipinski definition) is 3. The van der Waals surface area contributed by atoms with E-state index in [2.05, 4.69) is 26.2 Å². The number of amides is 1. The third-order valence-corrected chi connectivity index (χ3v) is 6.45. The molecule has 3 aromatic rings. The zero-order chi connectivity index (χ0) is 20.5. The zero-order valence-corrected chi connectivity index (χ0v) is 18.2. The van der Waals surface area contributed by atoms with Crippen LogP contribution < -0.4 is 15.9 Å². The molecular weight excluding hydrogens is 432 g/mol. The maximum Gasteiger partial charge on any atom is 0.326 e. The molecule has 0 saturated heterocycles. The molecule has 6 nitrogen and oxygen atoms in total. The van der Waals surface area contributed by atoms with E-state index in [9.17, 15) is 9.59 Å². The number of carbonyl (C=O) groups is 1. The summed E-state index contributed by atoms with van der Waals surface area (Å²) in [5, 5.41) is 3.04. The Labute approximate surface area is 178 Å². The maximum atomic E-state index is 12.7. The van der Waals surface area contributed by atoms with Crippen LogP contribution in [0, 0.1) is 5.92 Å². The monoisotopic (exact) mass is 456 g/mol. The van der Waals surface area contributed by atoms with Crippen molar-refractivity contribution in [2.24, 2.45) is 5.92 Å². The molecule has 1 aliphatic carbocycles. The highest BCUT2D eigenvalue weighted by atomic mass is 79.9. The van der Waals surface area contributed by atoms with Crippen LogP contribution in [0.4, 0.5) is 11.4 Å². The summed E-state index contributed by atoms with van der Waals surface area (Å²) in [6.45, 7) is 0. The van der Waals surface area contributed by atoms with Crippen molar-refractivity contribution in [3.8, 4) is 0 Å². The first-order chi connectivity index (χ1) is 13.9. The molecule has 7 heteroatoms. The van der Waals surface area contributed by atoms with E-state index in [1.807, 2.05) is 66.0 Å². The van der Waals surface area contributed by atoms with Crippen molar-refractivity contribution in [1.82, 2.24) is 9.55 Å². The lowest BCUT2D eigenvalue weighted by Crippen LogP contribution is -2.31. The van der Waals surface area contributed by atoms with Gasteiger partial charge in [-0.1, -0.05) is 6.07 Å². The Balaban J connectivity index is 1.42. The molecule has 1 heterocycles. The van der Waals surface area contributed by atoms with E-state index in [4.69, 9.17) is 0 Å². The van der Waals surface area contributed by atoms with Crippen LogP contribution in [0.2, 0.25) is 0 Å². The van der Waals surface area contributed by atoms with Crippen LogP contribution >= 0.6 is 15.9 Å². The lowest BCUT2D eigenvalue weighted by atomic mass is 9.85. The summed E-state index contributed by atoms with van der Waals surface area (Å²) in [6, 6.07) is 13.8. The maximum absolute atomic E-state index is 12.7. The van der Waals surface area contributed by atoms with Gasteiger partial charge in [0, 0.05) is 41.9 Å². The first-order valence-corrected chi connectivity index (χ1v) is 10.7. The number of para-hydroxylation sites is 1. The van der Waals surface area contributed by atoms with Gasteiger partial charge in [-0.25, -0.2) is 4.79 Å². The summed E-state index contributed by atoms with van der Waals surface area (Å²) in [5.41, 5.74) is 3.58. The Kier molecular flexibility index (Phi) is 5.50. The SMILES string of the molecule is CN(C)c1ccc(NC(=O)[C@H]2CC[C@@H](n3c(=O)[nH]c4c(Br)cccc43)CC2)cc1. The van der Waals surface area contributed by atoms with E-state index in [1.54, 1.807) is 0 Å². The van der Waals surface area contributed by atoms with Gasteiger partial charge in [0.05, 0.1) is 11.0 Å². The number of imidazole rings is 1. The van der Waals surface area contributed by atoms with Gasteiger partial charge in [-0.3, -0.25) is 9.36 Å². The summed E-state index contributed by atoms with van der Waals surface area (Å²) >= 11 is 3.50. The number of nitrogens with one attached hydrogen (secondary N) is 2. The van der Waals surface area contributed by atoms with Gasteiger partial charge < -0.3 is 15.2 Å². The Morgan fingerprint density at radius 2 is 1.79 bits per heavy atom. The molecule has 0 atom stereocenters. The predicted octanol–water partition coefficient (Wildman–Crippen LogP) is 4.53. The minimum absolute atomic E-state index is 0.0209. The molecule has 1 fully saturated rings. The zero-order valence-electron chi connectivity index (χ0n) is 16.6. The number of fused-ring (bicyclic) bond motifs is 1. The highest BCUT2D eigenvalue weighted by Crippen LogP contribution is 2.34. The van der Waals surface area contributed by atoms with Crippen molar-refractivity contribution in [1.29, 1.82) is 0 Å². The molecule has 0 bridgehead atoms. The molecule has 1 saturated carbocycles. The average Bonchev–Trinajstić information content (AvgIpc) is 3.06. The number of hydrogen-bond donors (Lipinski definition) is 2. The van der Waals surface area contributed by atoms with Crippen molar-refractivity contribution < 1.29 is 4.79 Å². The summed E-state index contributed by atoms with van der Waals surface area (Å²) in [5.74, 6) is 0.0440. The number of H-pyrrole nitrogens is 1. The van der Waals surface area contributed by atoms with E-state index in [0.717, 1.165) is 52.6 Å². The highest BCUT2D eigenvalue weighted by Gasteiger charge is 2.29. The minimum Gasteiger partial charge on any atom is -0.378 e. The fraction of sp³-hybridized carbons (Fsp3) is 0.364. The average molecular weight is 457 g/mol. The smallest absolute Gasteiger partial charge is 0.326 e. The summed E-state index contributed by atoms with van der Waals surface area (Å²) in [7, 11) is 3.98. The standard InChI is InChI=1S/C22H25BrN4O2/c1-26(2)16-12-8-15(9-13-16)24-21(28)14-6-10-17(11-7-14)27-19-5-3-4-18(23)20(19)25-22(27)29/h3-5,8-9,12-14,17H,6-7,10-11H2,1-2H3,(H,24,28)(H,25,29)/t14-,17+. The molecule has 0 unspecified atom stereocenters.